The number of hydrogen-bond acceptors (Lipinski definition) is 7. The number of amides is 1. The van der Waals surface area contributed by atoms with Crippen LogP contribution in [0.3, 0.4) is 0 Å². The monoisotopic (exact) mass is 419 g/mol. The number of hydrogen-bond donors (Lipinski definition) is 2. The molecule has 0 bridgehead atoms. The highest BCUT2D eigenvalue weighted by atomic mass is 32.2. The zero-order chi connectivity index (χ0) is 21.0. The zero-order valence-electron chi connectivity index (χ0n) is 15.9. The fourth-order valence-electron chi connectivity index (χ4n) is 3.03. The number of methoxy groups -OCH3 is 2. The number of phenolic OH excluding ortho intramolecular Hbond substituents is 1. The van der Waals surface area contributed by atoms with Gasteiger partial charge < -0.3 is 24.4 Å². The molecule has 9 heteroatoms. The molecule has 1 fully saturated rings. The van der Waals surface area contributed by atoms with E-state index in [1.165, 1.54) is 30.9 Å². The Balaban J connectivity index is 1.89. The first-order valence-electron chi connectivity index (χ1n) is 8.74. The van der Waals surface area contributed by atoms with Gasteiger partial charge in [0.15, 0.2) is 11.5 Å². The molecule has 1 heterocycles. The number of carbonyl (C=O) groups is 2. The summed E-state index contributed by atoms with van der Waals surface area (Å²) >= 11 is 1.29. The van der Waals surface area contributed by atoms with Crippen LogP contribution in [0, 0.1) is 0 Å². The molecule has 1 aliphatic heterocycles. The number of phenols is 1. The first-order valence-corrected chi connectivity index (χ1v) is 9.79. The van der Waals surface area contributed by atoms with E-state index in [2.05, 4.69) is 0 Å². The third-order valence-electron chi connectivity index (χ3n) is 4.49. The molecular formula is C20H21NO7S. The summed E-state index contributed by atoms with van der Waals surface area (Å²) in [4.78, 5) is 25.7. The Morgan fingerprint density at radius 2 is 1.76 bits per heavy atom. The normalized spacial score (nSPS) is 18.3. The predicted molar refractivity (Wildman–Crippen MR) is 106 cm³/mol. The maximum Gasteiger partial charge on any atom is 0.412 e. The van der Waals surface area contributed by atoms with Crippen LogP contribution in [0.4, 0.5) is 4.79 Å². The number of aromatic hydroxyl groups is 1. The molecule has 3 rings (SSSR count). The first-order chi connectivity index (χ1) is 14.0. The van der Waals surface area contributed by atoms with Crippen LogP contribution in [-0.4, -0.2) is 53.2 Å². The summed E-state index contributed by atoms with van der Waals surface area (Å²) < 4.78 is 15.7. The number of carboxylic acid groups (broad SMARTS) is 1. The van der Waals surface area contributed by atoms with E-state index >= 15 is 0 Å². The van der Waals surface area contributed by atoms with Gasteiger partial charge in [-0.2, -0.15) is 0 Å². The topological polar surface area (TPSA) is 106 Å². The average molecular weight is 419 g/mol. The summed E-state index contributed by atoms with van der Waals surface area (Å²) in [5.74, 6) is -0.761. The van der Waals surface area contributed by atoms with Crippen molar-refractivity contribution in [1.82, 2.24) is 4.90 Å². The van der Waals surface area contributed by atoms with Gasteiger partial charge in [0.2, 0.25) is 5.75 Å². The van der Waals surface area contributed by atoms with E-state index < -0.39 is 23.5 Å². The van der Waals surface area contributed by atoms with Gasteiger partial charge in [-0.25, -0.2) is 9.59 Å². The van der Waals surface area contributed by atoms with Crippen LogP contribution in [0.1, 0.15) is 16.5 Å². The smallest absolute Gasteiger partial charge is 0.412 e. The lowest BCUT2D eigenvalue weighted by Gasteiger charge is -2.27. The van der Waals surface area contributed by atoms with Gasteiger partial charge >= 0.3 is 12.1 Å². The second-order valence-corrected chi connectivity index (χ2v) is 7.37. The first kappa shape index (κ1) is 20.7. The molecule has 2 aromatic carbocycles. The Morgan fingerprint density at radius 1 is 1.14 bits per heavy atom. The Labute approximate surface area is 172 Å². The number of carboxylic acids is 1. The highest BCUT2D eigenvalue weighted by molar-refractivity contribution is 7.99. The molecule has 1 unspecified atom stereocenters. The van der Waals surface area contributed by atoms with Crippen molar-refractivity contribution in [2.45, 2.75) is 18.0 Å². The molecule has 0 aliphatic carbocycles. The Hall–Kier alpha value is -3.07. The van der Waals surface area contributed by atoms with Crippen LogP contribution in [0.2, 0.25) is 0 Å². The average Bonchev–Trinajstić information content (AvgIpc) is 3.18. The maximum atomic E-state index is 12.8. The third-order valence-corrected chi connectivity index (χ3v) is 5.81. The second kappa shape index (κ2) is 8.95. The van der Waals surface area contributed by atoms with E-state index in [-0.39, 0.29) is 29.6 Å². The summed E-state index contributed by atoms with van der Waals surface area (Å²) in [6.07, 6.45) is -0.734. The van der Waals surface area contributed by atoms with Gasteiger partial charge in [-0.1, -0.05) is 30.3 Å². The van der Waals surface area contributed by atoms with Crippen molar-refractivity contribution in [3.8, 4) is 17.2 Å². The molecule has 8 nitrogen and oxygen atoms in total. The van der Waals surface area contributed by atoms with Crippen molar-refractivity contribution in [3.63, 3.8) is 0 Å². The van der Waals surface area contributed by atoms with E-state index in [0.717, 1.165) is 5.56 Å². The van der Waals surface area contributed by atoms with Gasteiger partial charge in [-0.05, 0) is 23.3 Å². The van der Waals surface area contributed by atoms with Gasteiger partial charge in [0.25, 0.3) is 0 Å². The standard InChI is InChI=1S/C20H21NO7S/c1-26-15-8-13(9-16(27-2)17(15)22)18-21(14(11-29-18)19(23)24)20(25)28-10-12-6-4-3-5-7-12/h3-9,14,18,22H,10-11H2,1-2H3,(H,23,24)/t14-,18?/m0/s1. The number of rotatable bonds is 6. The summed E-state index contributed by atoms with van der Waals surface area (Å²) in [6.45, 7) is 0.0299. The molecule has 1 saturated heterocycles. The lowest BCUT2D eigenvalue weighted by molar-refractivity contribution is -0.141. The van der Waals surface area contributed by atoms with E-state index in [1.807, 2.05) is 30.3 Å². The second-order valence-electron chi connectivity index (χ2n) is 6.26. The number of nitrogens with zero attached hydrogens (tertiary/aromatic N) is 1. The lowest BCUT2D eigenvalue weighted by atomic mass is 10.1. The van der Waals surface area contributed by atoms with Gasteiger partial charge in [0.05, 0.1) is 14.2 Å². The lowest BCUT2D eigenvalue weighted by Crippen LogP contribution is -2.43. The molecule has 1 amide bonds. The molecule has 2 aromatic rings. The van der Waals surface area contributed by atoms with E-state index in [0.29, 0.717) is 5.56 Å². The van der Waals surface area contributed by atoms with Crippen LogP contribution in [-0.2, 0) is 16.1 Å². The maximum absolute atomic E-state index is 12.8. The SMILES string of the molecule is COc1cc(C2SC[C@@H](C(=O)O)N2C(=O)OCc2ccccc2)cc(OC)c1O. The highest BCUT2D eigenvalue weighted by Gasteiger charge is 2.44. The molecule has 0 saturated carbocycles. The Kier molecular flexibility index (Phi) is 6.38. The van der Waals surface area contributed by atoms with Crippen molar-refractivity contribution in [1.29, 1.82) is 0 Å². The van der Waals surface area contributed by atoms with Gasteiger partial charge in [0.1, 0.15) is 18.0 Å². The van der Waals surface area contributed by atoms with Gasteiger partial charge in [-0.3, -0.25) is 4.90 Å². The fraction of sp³-hybridized carbons (Fsp3) is 0.300. The minimum absolute atomic E-state index is 0.0299. The molecule has 2 atom stereocenters. The number of benzene rings is 2. The minimum Gasteiger partial charge on any atom is -0.502 e. The van der Waals surface area contributed by atoms with E-state index in [4.69, 9.17) is 14.2 Å². The summed E-state index contributed by atoms with van der Waals surface area (Å²) in [5.41, 5.74) is 1.35. The molecule has 0 aromatic heterocycles. The minimum atomic E-state index is -1.12. The third kappa shape index (κ3) is 4.34. The highest BCUT2D eigenvalue weighted by Crippen LogP contribution is 2.46. The number of carbonyl (C=O) groups excluding carboxylic acids is 1. The van der Waals surface area contributed by atoms with Gasteiger partial charge in [0, 0.05) is 5.75 Å². The van der Waals surface area contributed by atoms with Crippen molar-refractivity contribution >= 4 is 23.8 Å². The van der Waals surface area contributed by atoms with Crippen LogP contribution in [0.25, 0.3) is 0 Å². The van der Waals surface area contributed by atoms with Crippen LogP contribution < -0.4 is 9.47 Å². The predicted octanol–water partition coefficient (Wildman–Crippen LogP) is 3.25. The zero-order valence-corrected chi connectivity index (χ0v) is 16.7. The van der Waals surface area contributed by atoms with E-state index in [9.17, 15) is 19.8 Å². The van der Waals surface area contributed by atoms with Crippen LogP contribution in [0.5, 0.6) is 17.2 Å². The summed E-state index contributed by atoms with van der Waals surface area (Å²) in [6, 6.07) is 11.2. The Bertz CT molecular complexity index is 865. The quantitative estimate of drug-likeness (QED) is 0.735. The van der Waals surface area contributed by atoms with Crippen molar-refractivity contribution in [2.24, 2.45) is 0 Å². The molecule has 1 aliphatic rings. The number of ether oxygens (including phenoxy) is 3. The van der Waals surface area contributed by atoms with Gasteiger partial charge in [-0.15, -0.1) is 11.8 Å². The van der Waals surface area contributed by atoms with Crippen molar-refractivity contribution in [3.05, 3.63) is 53.6 Å². The molecule has 29 heavy (non-hydrogen) atoms. The largest absolute Gasteiger partial charge is 0.502 e. The van der Waals surface area contributed by atoms with Crippen molar-refractivity contribution in [2.75, 3.05) is 20.0 Å². The number of thioether (sulfide) groups is 1. The summed E-state index contributed by atoms with van der Waals surface area (Å²) in [5, 5.41) is 19.1. The molecular weight excluding hydrogens is 398 g/mol. The van der Waals surface area contributed by atoms with Crippen LogP contribution >= 0.6 is 11.8 Å². The molecule has 154 valence electrons. The van der Waals surface area contributed by atoms with Crippen molar-refractivity contribution < 1.29 is 34.0 Å². The fourth-order valence-corrected chi connectivity index (χ4v) is 4.42. The molecule has 2 N–H and O–H groups in total. The molecule has 0 spiro atoms. The number of aliphatic carboxylic acids is 1. The summed E-state index contributed by atoms with van der Waals surface area (Å²) in [7, 11) is 2.79. The van der Waals surface area contributed by atoms with Crippen LogP contribution in [0.15, 0.2) is 42.5 Å². The Morgan fingerprint density at radius 3 is 2.31 bits per heavy atom. The van der Waals surface area contributed by atoms with E-state index in [1.54, 1.807) is 12.1 Å². The molecule has 0 radical (unpaired) electrons.